The molecule has 0 saturated heterocycles. The molecule has 0 spiro atoms. The zero-order valence-electron chi connectivity index (χ0n) is 17.8. The SMILES string of the molecule is Cc1nc2ccccc2c(=O)n1-c1ccc(C(=O)OCc2coc(-c3ccccc3)n2)cc1. The molecule has 0 atom stereocenters. The molecule has 0 radical (unpaired) electrons. The number of para-hydroxylation sites is 1. The van der Waals surface area contributed by atoms with Crippen molar-refractivity contribution in [1.29, 1.82) is 0 Å². The number of fused-ring (bicyclic) bond motifs is 1. The van der Waals surface area contributed by atoms with Crippen molar-refractivity contribution in [3.8, 4) is 17.1 Å². The van der Waals surface area contributed by atoms with Crippen LogP contribution in [0.1, 0.15) is 21.9 Å². The number of aryl methyl sites for hydroxylation is 1. The fourth-order valence-electron chi connectivity index (χ4n) is 3.60. The summed E-state index contributed by atoms with van der Waals surface area (Å²) < 4.78 is 12.4. The summed E-state index contributed by atoms with van der Waals surface area (Å²) in [7, 11) is 0. The largest absolute Gasteiger partial charge is 0.455 e. The highest BCUT2D eigenvalue weighted by atomic mass is 16.5. The van der Waals surface area contributed by atoms with Gasteiger partial charge in [-0.25, -0.2) is 14.8 Å². The van der Waals surface area contributed by atoms with Crippen molar-refractivity contribution in [2.45, 2.75) is 13.5 Å². The topological polar surface area (TPSA) is 87.2 Å². The van der Waals surface area contributed by atoms with Gasteiger partial charge in [0.25, 0.3) is 5.56 Å². The summed E-state index contributed by atoms with van der Waals surface area (Å²) in [6.45, 7) is 1.77. The Kier molecular flexibility index (Phi) is 5.28. The zero-order chi connectivity index (χ0) is 22.8. The third kappa shape index (κ3) is 4.04. The van der Waals surface area contributed by atoms with Gasteiger partial charge in [-0.15, -0.1) is 0 Å². The Balaban J connectivity index is 1.31. The van der Waals surface area contributed by atoms with Crippen molar-refractivity contribution in [2.24, 2.45) is 0 Å². The van der Waals surface area contributed by atoms with Gasteiger partial charge in [0.15, 0.2) is 0 Å². The number of carbonyl (C=O) groups is 1. The first-order chi connectivity index (χ1) is 16.1. The van der Waals surface area contributed by atoms with Crippen molar-refractivity contribution in [3.05, 3.63) is 113 Å². The van der Waals surface area contributed by atoms with Gasteiger partial charge in [-0.3, -0.25) is 9.36 Å². The number of carbonyl (C=O) groups excluding carboxylic acids is 1. The third-order valence-corrected chi connectivity index (χ3v) is 5.23. The lowest BCUT2D eigenvalue weighted by atomic mass is 10.2. The van der Waals surface area contributed by atoms with Crippen LogP contribution in [0.3, 0.4) is 0 Å². The van der Waals surface area contributed by atoms with Crippen molar-refractivity contribution in [3.63, 3.8) is 0 Å². The van der Waals surface area contributed by atoms with Crippen LogP contribution in [-0.2, 0) is 11.3 Å². The maximum absolute atomic E-state index is 12.9. The van der Waals surface area contributed by atoms with Gasteiger partial charge in [-0.2, -0.15) is 0 Å². The Labute approximate surface area is 188 Å². The molecule has 0 amide bonds. The summed E-state index contributed by atoms with van der Waals surface area (Å²) in [5.41, 5.74) is 2.84. The van der Waals surface area contributed by atoms with Gasteiger partial charge < -0.3 is 9.15 Å². The van der Waals surface area contributed by atoms with E-state index in [1.165, 1.54) is 10.8 Å². The van der Waals surface area contributed by atoms with Gasteiger partial charge in [-0.05, 0) is 55.5 Å². The fourth-order valence-corrected chi connectivity index (χ4v) is 3.60. The van der Waals surface area contributed by atoms with Crippen LogP contribution < -0.4 is 5.56 Å². The molecule has 0 aliphatic rings. The Morgan fingerprint density at radius 3 is 2.45 bits per heavy atom. The molecule has 0 unspecified atom stereocenters. The number of nitrogens with zero attached hydrogens (tertiary/aromatic N) is 3. The van der Waals surface area contributed by atoms with E-state index in [4.69, 9.17) is 9.15 Å². The van der Waals surface area contributed by atoms with E-state index in [1.807, 2.05) is 48.5 Å². The van der Waals surface area contributed by atoms with Gasteiger partial charge in [0.2, 0.25) is 5.89 Å². The molecule has 0 saturated carbocycles. The second-order valence-electron chi connectivity index (χ2n) is 7.45. The number of esters is 1. The molecule has 162 valence electrons. The first-order valence-electron chi connectivity index (χ1n) is 10.4. The number of benzene rings is 3. The van der Waals surface area contributed by atoms with E-state index in [1.54, 1.807) is 37.3 Å². The minimum Gasteiger partial charge on any atom is -0.455 e. The van der Waals surface area contributed by atoms with Crippen molar-refractivity contribution in [1.82, 2.24) is 14.5 Å². The second kappa shape index (κ2) is 8.55. The predicted molar refractivity (Wildman–Crippen MR) is 123 cm³/mol. The molecule has 2 aromatic heterocycles. The number of aromatic nitrogens is 3. The minimum atomic E-state index is -0.494. The predicted octanol–water partition coefficient (Wildman–Crippen LogP) is 4.71. The minimum absolute atomic E-state index is 0.00984. The van der Waals surface area contributed by atoms with E-state index in [-0.39, 0.29) is 12.2 Å². The van der Waals surface area contributed by atoms with E-state index in [0.29, 0.717) is 39.6 Å². The standard InChI is InChI=1S/C26H19N3O4/c1-17-27-23-10-6-5-9-22(23)25(30)29(17)21-13-11-19(12-14-21)26(31)33-16-20-15-32-24(28-20)18-7-3-2-4-8-18/h2-15H,16H2,1H3. The van der Waals surface area contributed by atoms with E-state index in [0.717, 1.165) is 5.56 Å². The summed E-state index contributed by atoms with van der Waals surface area (Å²) in [6, 6.07) is 23.3. The molecule has 0 bridgehead atoms. The van der Waals surface area contributed by atoms with E-state index >= 15 is 0 Å². The molecule has 2 heterocycles. The smallest absolute Gasteiger partial charge is 0.338 e. The number of hydrogen-bond donors (Lipinski definition) is 0. The summed E-state index contributed by atoms with van der Waals surface area (Å²) in [5.74, 6) is 0.539. The molecule has 0 aliphatic carbocycles. The number of hydrogen-bond acceptors (Lipinski definition) is 6. The fraction of sp³-hybridized carbons (Fsp3) is 0.0769. The van der Waals surface area contributed by atoms with Crippen LogP contribution in [0.2, 0.25) is 0 Å². The highest BCUT2D eigenvalue weighted by Gasteiger charge is 2.13. The van der Waals surface area contributed by atoms with Crippen LogP contribution in [0.4, 0.5) is 0 Å². The van der Waals surface area contributed by atoms with Gasteiger partial charge in [0.05, 0.1) is 22.2 Å². The molecule has 0 N–H and O–H groups in total. The van der Waals surface area contributed by atoms with Crippen molar-refractivity contribution < 1.29 is 13.9 Å². The first kappa shape index (κ1) is 20.4. The molecule has 7 heteroatoms. The lowest BCUT2D eigenvalue weighted by molar-refractivity contribution is 0.0468. The summed E-state index contributed by atoms with van der Waals surface area (Å²) in [5, 5.41) is 0.536. The average Bonchev–Trinajstić information content (AvgIpc) is 3.33. The molecule has 5 aromatic rings. The van der Waals surface area contributed by atoms with Crippen LogP contribution in [0.25, 0.3) is 28.0 Å². The van der Waals surface area contributed by atoms with Crippen LogP contribution in [0.15, 0.2) is 94.3 Å². The zero-order valence-corrected chi connectivity index (χ0v) is 17.8. The van der Waals surface area contributed by atoms with Crippen LogP contribution in [0.5, 0.6) is 0 Å². The van der Waals surface area contributed by atoms with Gasteiger partial charge in [0.1, 0.15) is 24.4 Å². The monoisotopic (exact) mass is 437 g/mol. The molecule has 0 fully saturated rings. The van der Waals surface area contributed by atoms with Crippen molar-refractivity contribution in [2.75, 3.05) is 0 Å². The van der Waals surface area contributed by atoms with Crippen LogP contribution in [-0.4, -0.2) is 20.5 Å². The number of rotatable bonds is 5. The Bertz CT molecular complexity index is 1500. The van der Waals surface area contributed by atoms with E-state index < -0.39 is 5.97 Å². The van der Waals surface area contributed by atoms with Crippen LogP contribution >= 0.6 is 0 Å². The molecule has 0 aliphatic heterocycles. The molecule has 3 aromatic carbocycles. The van der Waals surface area contributed by atoms with E-state index in [9.17, 15) is 9.59 Å². The van der Waals surface area contributed by atoms with Gasteiger partial charge in [-0.1, -0.05) is 30.3 Å². The van der Waals surface area contributed by atoms with Gasteiger partial charge >= 0.3 is 5.97 Å². The molecule has 7 nitrogen and oxygen atoms in total. The Hall–Kier alpha value is -4.52. The average molecular weight is 437 g/mol. The maximum atomic E-state index is 12.9. The normalized spacial score (nSPS) is 10.9. The molecule has 33 heavy (non-hydrogen) atoms. The Morgan fingerprint density at radius 1 is 0.939 bits per heavy atom. The third-order valence-electron chi connectivity index (χ3n) is 5.23. The van der Waals surface area contributed by atoms with Gasteiger partial charge in [0, 0.05) is 5.56 Å². The summed E-state index contributed by atoms with van der Waals surface area (Å²) in [6.07, 6.45) is 1.47. The van der Waals surface area contributed by atoms with Crippen molar-refractivity contribution >= 4 is 16.9 Å². The lowest BCUT2D eigenvalue weighted by Gasteiger charge is -2.11. The second-order valence-corrected chi connectivity index (χ2v) is 7.45. The summed E-state index contributed by atoms with van der Waals surface area (Å²) in [4.78, 5) is 34.3. The Morgan fingerprint density at radius 2 is 1.67 bits per heavy atom. The lowest BCUT2D eigenvalue weighted by Crippen LogP contribution is -2.22. The van der Waals surface area contributed by atoms with E-state index in [2.05, 4.69) is 9.97 Å². The first-order valence-corrected chi connectivity index (χ1v) is 10.4. The number of ether oxygens (including phenoxy) is 1. The molecular formula is C26H19N3O4. The van der Waals surface area contributed by atoms with Crippen LogP contribution in [0, 0.1) is 6.92 Å². The highest BCUT2D eigenvalue weighted by molar-refractivity contribution is 5.89. The quantitative estimate of drug-likeness (QED) is 0.370. The highest BCUT2D eigenvalue weighted by Crippen LogP contribution is 2.19. The summed E-state index contributed by atoms with van der Waals surface area (Å²) >= 11 is 0. The molecule has 5 rings (SSSR count). The number of oxazole rings is 1. The maximum Gasteiger partial charge on any atom is 0.338 e. The molecular weight excluding hydrogens is 418 g/mol.